The zero-order valence-corrected chi connectivity index (χ0v) is 16.5. The summed E-state index contributed by atoms with van der Waals surface area (Å²) in [6, 6.07) is 15.3. The van der Waals surface area contributed by atoms with E-state index in [1.54, 1.807) is 13.0 Å². The predicted octanol–water partition coefficient (Wildman–Crippen LogP) is 3.16. The average molecular weight is 420 g/mol. The van der Waals surface area contributed by atoms with E-state index in [0.29, 0.717) is 10.8 Å². The maximum atomic E-state index is 12.7. The third-order valence-corrected chi connectivity index (χ3v) is 5.64. The molecule has 0 radical (unpaired) electrons. The molecule has 1 atom stereocenters. The largest absolute Gasteiger partial charge is 0.360 e. The number of aromatic nitrogens is 1. The van der Waals surface area contributed by atoms with Gasteiger partial charge < -0.3 is 9.84 Å². The Balaban J connectivity index is 1.84. The molecule has 146 valence electrons. The van der Waals surface area contributed by atoms with Crippen LogP contribution in [0.5, 0.6) is 0 Å². The first-order chi connectivity index (χ1) is 13.3. The number of aryl methyl sites for hydroxylation is 1. The second-order valence-corrected chi connectivity index (χ2v) is 8.28. The molecule has 2 aromatic carbocycles. The monoisotopic (exact) mass is 419 g/mol. The van der Waals surface area contributed by atoms with Crippen LogP contribution < -0.4 is 10.0 Å². The molecule has 0 saturated heterocycles. The molecule has 0 saturated carbocycles. The number of sulfonamides is 1. The van der Waals surface area contributed by atoms with Crippen molar-refractivity contribution in [2.75, 3.05) is 5.32 Å². The number of hydrogen-bond acceptors (Lipinski definition) is 5. The summed E-state index contributed by atoms with van der Waals surface area (Å²) in [5, 5.41) is 6.70. The molecular formula is C19H18ClN3O4S. The fourth-order valence-electron chi connectivity index (χ4n) is 2.55. The Hall–Kier alpha value is -2.68. The van der Waals surface area contributed by atoms with Gasteiger partial charge in [0.1, 0.15) is 11.8 Å². The molecule has 0 aliphatic heterocycles. The lowest BCUT2D eigenvalue weighted by Crippen LogP contribution is -2.45. The zero-order valence-electron chi connectivity index (χ0n) is 14.9. The van der Waals surface area contributed by atoms with Crippen LogP contribution in [0.15, 0.2) is 70.1 Å². The third-order valence-electron chi connectivity index (χ3n) is 3.90. The predicted molar refractivity (Wildman–Crippen MR) is 106 cm³/mol. The number of carbonyl (C=O) groups excluding carboxylic acids is 1. The van der Waals surface area contributed by atoms with Gasteiger partial charge >= 0.3 is 0 Å². The van der Waals surface area contributed by atoms with Crippen molar-refractivity contribution in [2.24, 2.45) is 0 Å². The van der Waals surface area contributed by atoms with Crippen LogP contribution in [0.1, 0.15) is 11.3 Å². The molecule has 28 heavy (non-hydrogen) atoms. The molecule has 9 heteroatoms. The molecular weight excluding hydrogens is 402 g/mol. The Morgan fingerprint density at radius 3 is 2.43 bits per heavy atom. The second kappa shape index (κ2) is 8.55. The third kappa shape index (κ3) is 5.19. The van der Waals surface area contributed by atoms with Crippen molar-refractivity contribution >= 4 is 33.3 Å². The maximum absolute atomic E-state index is 12.7. The van der Waals surface area contributed by atoms with E-state index in [2.05, 4.69) is 15.2 Å². The number of anilines is 1. The van der Waals surface area contributed by atoms with Crippen LogP contribution in [-0.2, 0) is 21.2 Å². The lowest BCUT2D eigenvalue weighted by Gasteiger charge is -2.18. The zero-order chi connectivity index (χ0) is 20.1. The van der Waals surface area contributed by atoms with Gasteiger partial charge in [0, 0.05) is 11.1 Å². The maximum Gasteiger partial charge on any atom is 0.244 e. The molecule has 3 rings (SSSR count). The molecule has 0 fully saturated rings. The van der Waals surface area contributed by atoms with Gasteiger partial charge in [-0.25, -0.2) is 8.42 Å². The molecule has 0 aliphatic rings. The smallest absolute Gasteiger partial charge is 0.244 e. The minimum absolute atomic E-state index is 0.0139. The van der Waals surface area contributed by atoms with Crippen molar-refractivity contribution in [2.45, 2.75) is 24.3 Å². The van der Waals surface area contributed by atoms with Gasteiger partial charge in [-0.05, 0) is 43.2 Å². The quantitative estimate of drug-likeness (QED) is 0.612. The lowest BCUT2D eigenvalue weighted by molar-refractivity contribution is -0.117. The fraction of sp³-hybridized carbons (Fsp3) is 0.158. The first-order valence-electron chi connectivity index (χ1n) is 8.39. The number of benzene rings is 2. The van der Waals surface area contributed by atoms with Crippen LogP contribution in [0.2, 0.25) is 5.02 Å². The van der Waals surface area contributed by atoms with Crippen molar-refractivity contribution in [3.8, 4) is 0 Å². The van der Waals surface area contributed by atoms with E-state index >= 15 is 0 Å². The van der Waals surface area contributed by atoms with Crippen molar-refractivity contribution in [1.82, 2.24) is 9.88 Å². The number of nitrogens with one attached hydrogen (secondary N) is 2. The van der Waals surface area contributed by atoms with E-state index in [4.69, 9.17) is 16.1 Å². The molecule has 1 heterocycles. The molecule has 1 aromatic heterocycles. The highest BCUT2D eigenvalue weighted by atomic mass is 35.5. The van der Waals surface area contributed by atoms with Gasteiger partial charge in [0.2, 0.25) is 15.9 Å². The van der Waals surface area contributed by atoms with E-state index in [9.17, 15) is 13.2 Å². The van der Waals surface area contributed by atoms with Gasteiger partial charge in [0.25, 0.3) is 0 Å². The molecule has 0 aliphatic carbocycles. The Bertz CT molecular complexity index is 1050. The van der Waals surface area contributed by atoms with Crippen LogP contribution in [0.3, 0.4) is 0 Å². The SMILES string of the molecule is Cc1cc(NC(=O)C(Cc2ccccc2)NS(=O)(=O)c2ccc(Cl)cc2)no1. The van der Waals surface area contributed by atoms with Crippen molar-refractivity contribution in [3.05, 3.63) is 77.0 Å². The van der Waals surface area contributed by atoms with Crippen LogP contribution in [-0.4, -0.2) is 25.5 Å². The molecule has 1 amide bonds. The number of halogens is 1. The summed E-state index contributed by atoms with van der Waals surface area (Å²) in [6.07, 6.45) is 0.163. The Kier molecular flexibility index (Phi) is 6.13. The number of amides is 1. The van der Waals surface area contributed by atoms with Gasteiger partial charge in [0.05, 0.1) is 4.90 Å². The van der Waals surface area contributed by atoms with E-state index in [1.165, 1.54) is 24.3 Å². The van der Waals surface area contributed by atoms with E-state index in [0.717, 1.165) is 5.56 Å². The lowest BCUT2D eigenvalue weighted by atomic mass is 10.1. The first-order valence-corrected chi connectivity index (χ1v) is 10.3. The molecule has 2 N–H and O–H groups in total. The van der Waals surface area contributed by atoms with Crippen LogP contribution in [0, 0.1) is 6.92 Å². The number of rotatable bonds is 7. The van der Waals surface area contributed by atoms with Gasteiger partial charge in [0.15, 0.2) is 5.82 Å². The fourth-order valence-corrected chi connectivity index (χ4v) is 3.87. The summed E-state index contributed by atoms with van der Waals surface area (Å²) >= 11 is 5.82. The summed E-state index contributed by atoms with van der Waals surface area (Å²) in [6.45, 7) is 1.69. The summed E-state index contributed by atoms with van der Waals surface area (Å²) < 4.78 is 32.9. The number of nitrogens with zero attached hydrogens (tertiary/aromatic N) is 1. The highest BCUT2D eigenvalue weighted by Gasteiger charge is 2.26. The molecule has 0 spiro atoms. The summed E-state index contributed by atoms with van der Waals surface area (Å²) in [5.74, 6) is 0.192. The van der Waals surface area contributed by atoms with E-state index in [-0.39, 0.29) is 17.1 Å². The Morgan fingerprint density at radius 1 is 1.14 bits per heavy atom. The molecule has 7 nitrogen and oxygen atoms in total. The highest BCUT2D eigenvalue weighted by Crippen LogP contribution is 2.16. The van der Waals surface area contributed by atoms with E-state index < -0.39 is 22.0 Å². The topological polar surface area (TPSA) is 101 Å². The standard InChI is InChI=1S/C19H18ClN3O4S/c1-13-11-18(22-27-13)21-19(24)17(12-14-5-3-2-4-6-14)23-28(25,26)16-9-7-15(20)8-10-16/h2-11,17,23H,12H2,1H3,(H,21,22,24). The summed E-state index contributed by atoms with van der Waals surface area (Å²) in [4.78, 5) is 12.8. The van der Waals surface area contributed by atoms with Crippen LogP contribution >= 0.6 is 11.6 Å². The minimum atomic E-state index is -3.94. The van der Waals surface area contributed by atoms with Gasteiger partial charge in [-0.3, -0.25) is 4.79 Å². The van der Waals surface area contributed by atoms with Crippen molar-refractivity contribution < 1.29 is 17.7 Å². The normalized spacial score (nSPS) is 12.5. The molecule has 3 aromatic rings. The van der Waals surface area contributed by atoms with Crippen LogP contribution in [0.25, 0.3) is 0 Å². The number of hydrogen-bond donors (Lipinski definition) is 2. The van der Waals surface area contributed by atoms with Gasteiger partial charge in [-0.1, -0.05) is 47.1 Å². The van der Waals surface area contributed by atoms with Crippen molar-refractivity contribution in [1.29, 1.82) is 0 Å². The Labute approximate surface area is 167 Å². The summed E-state index contributed by atoms with van der Waals surface area (Å²) in [5.41, 5.74) is 0.804. The molecule has 0 bridgehead atoms. The van der Waals surface area contributed by atoms with Crippen LogP contribution in [0.4, 0.5) is 5.82 Å². The van der Waals surface area contributed by atoms with E-state index in [1.807, 2.05) is 30.3 Å². The average Bonchev–Trinajstić information content (AvgIpc) is 3.07. The summed E-state index contributed by atoms with van der Waals surface area (Å²) in [7, 11) is -3.94. The first kappa shape index (κ1) is 20.1. The van der Waals surface area contributed by atoms with Gasteiger partial charge in [-0.15, -0.1) is 0 Å². The van der Waals surface area contributed by atoms with Crippen molar-refractivity contribution in [3.63, 3.8) is 0 Å². The molecule has 1 unspecified atom stereocenters. The Morgan fingerprint density at radius 2 is 1.82 bits per heavy atom. The highest BCUT2D eigenvalue weighted by molar-refractivity contribution is 7.89. The number of carbonyl (C=O) groups is 1. The van der Waals surface area contributed by atoms with Gasteiger partial charge in [-0.2, -0.15) is 4.72 Å². The minimum Gasteiger partial charge on any atom is -0.360 e. The second-order valence-electron chi connectivity index (χ2n) is 6.13.